The number of piperidine rings is 1. The smallest absolute Gasteiger partial charge is 0.163 e. The molecule has 1 N–H and O–H groups in total. The number of aryl methyl sites for hydroxylation is 2. The van der Waals surface area contributed by atoms with Gasteiger partial charge in [0, 0.05) is 26.6 Å². The van der Waals surface area contributed by atoms with Gasteiger partial charge in [-0.1, -0.05) is 13.8 Å². The molecule has 0 bridgehead atoms. The molecule has 2 fully saturated rings. The van der Waals surface area contributed by atoms with E-state index < -0.39 is 0 Å². The lowest BCUT2D eigenvalue weighted by molar-refractivity contribution is -0.183. The molecule has 2 atom stereocenters. The predicted octanol–water partition coefficient (Wildman–Crippen LogP) is 2.21. The zero-order valence-corrected chi connectivity index (χ0v) is 16.1. The first-order chi connectivity index (χ1) is 12.4. The highest BCUT2D eigenvalue weighted by molar-refractivity contribution is 5.87. The number of hydrogen-bond acceptors (Lipinski definition) is 6. The van der Waals surface area contributed by atoms with Gasteiger partial charge in [0.1, 0.15) is 11.6 Å². The molecule has 2 aromatic rings. The van der Waals surface area contributed by atoms with Crippen molar-refractivity contribution in [3.05, 3.63) is 12.0 Å². The molecule has 2 saturated heterocycles. The normalized spacial score (nSPS) is 26.2. The Morgan fingerprint density at radius 3 is 2.69 bits per heavy atom. The molecule has 0 amide bonds. The minimum Gasteiger partial charge on any atom is -0.393 e. The molecule has 26 heavy (non-hydrogen) atoms. The highest BCUT2D eigenvalue weighted by Crippen LogP contribution is 2.40. The molecule has 1 spiro atoms. The van der Waals surface area contributed by atoms with Crippen LogP contribution in [0.25, 0.3) is 11.0 Å². The third-order valence-electron chi connectivity index (χ3n) is 5.91. The van der Waals surface area contributed by atoms with Gasteiger partial charge in [-0.15, -0.1) is 0 Å². The van der Waals surface area contributed by atoms with Crippen molar-refractivity contribution in [2.24, 2.45) is 13.0 Å². The second-order valence-corrected chi connectivity index (χ2v) is 8.26. The van der Waals surface area contributed by atoms with Gasteiger partial charge in [0.2, 0.25) is 0 Å². The van der Waals surface area contributed by atoms with Crippen LogP contribution in [-0.2, 0) is 11.8 Å². The first-order valence-electron chi connectivity index (χ1n) is 9.64. The van der Waals surface area contributed by atoms with Crippen LogP contribution < -0.4 is 4.90 Å². The summed E-state index contributed by atoms with van der Waals surface area (Å²) in [6.07, 6.45) is 5.07. The molecular formula is C19H29N5O2. The first-order valence-corrected chi connectivity index (χ1v) is 9.64. The maximum Gasteiger partial charge on any atom is 0.163 e. The van der Waals surface area contributed by atoms with Gasteiger partial charge in [-0.2, -0.15) is 5.10 Å². The average Bonchev–Trinajstić information content (AvgIpc) is 2.95. The highest BCUT2D eigenvalue weighted by atomic mass is 16.5. The monoisotopic (exact) mass is 359 g/mol. The highest BCUT2D eigenvalue weighted by Gasteiger charge is 2.44. The quantitative estimate of drug-likeness (QED) is 0.886. The molecule has 0 saturated carbocycles. The maximum atomic E-state index is 10.4. The van der Waals surface area contributed by atoms with Crippen molar-refractivity contribution in [1.29, 1.82) is 0 Å². The summed E-state index contributed by atoms with van der Waals surface area (Å²) in [5, 5.41) is 15.7. The molecule has 0 radical (unpaired) electrons. The van der Waals surface area contributed by atoms with Crippen LogP contribution in [-0.4, -0.2) is 55.8 Å². The lowest BCUT2D eigenvalue weighted by Crippen LogP contribution is -2.54. The van der Waals surface area contributed by atoms with Gasteiger partial charge in [0.15, 0.2) is 5.65 Å². The number of rotatable bonds is 2. The minimum absolute atomic E-state index is 0.150. The van der Waals surface area contributed by atoms with E-state index in [2.05, 4.69) is 28.8 Å². The zero-order valence-electron chi connectivity index (χ0n) is 16.1. The van der Waals surface area contributed by atoms with Crippen molar-refractivity contribution < 1.29 is 9.84 Å². The molecule has 2 aliphatic rings. The van der Waals surface area contributed by atoms with Crippen LogP contribution >= 0.6 is 0 Å². The summed E-state index contributed by atoms with van der Waals surface area (Å²) in [6.45, 7) is 8.02. The molecule has 0 aliphatic carbocycles. The molecule has 142 valence electrons. The van der Waals surface area contributed by atoms with E-state index in [1.54, 1.807) is 4.68 Å². The third-order valence-corrected chi connectivity index (χ3v) is 5.91. The summed E-state index contributed by atoms with van der Waals surface area (Å²) in [5.74, 6) is 2.16. The fourth-order valence-corrected chi connectivity index (χ4v) is 4.41. The first kappa shape index (κ1) is 17.7. The number of nitrogens with zero attached hydrogens (tertiary/aromatic N) is 5. The van der Waals surface area contributed by atoms with E-state index in [0.717, 1.165) is 61.4 Å². The van der Waals surface area contributed by atoms with Crippen LogP contribution in [0.15, 0.2) is 6.20 Å². The van der Waals surface area contributed by atoms with Crippen LogP contribution in [0, 0.1) is 12.8 Å². The van der Waals surface area contributed by atoms with Gasteiger partial charge < -0.3 is 14.7 Å². The third kappa shape index (κ3) is 3.07. The number of fused-ring (bicyclic) bond motifs is 1. The Bertz CT molecular complexity index is 795. The Hall–Kier alpha value is -1.73. The summed E-state index contributed by atoms with van der Waals surface area (Å²) < 4.78 is 8.31. The second-order valence-electron chi connectivity index (χ2n) is 8.26. The van der Waals surface area contributed by atoms with E-state index in [9.17, 15) is 5.11 Å². The van der Waals surface area contributed by atoms with E-state index in [0.29, 0.717) is 5.92 Å². The molecule has 2 aromatic heterocycles. The Morgan fingerprint density at radius 2 is 2.00 bits per heavy atom. The number of anilines is 1. The molecule has 4 heterocycles. The SMILES string of the molecule is Cc1nc(N2CCC3(CC2)C[C@H](O)C[C@H](C(C)C)O3)c2cnn(C)c2n1. The number of ether oxygens (including phenoxy) is 1. The topological polar surface area (TPSA) is 76.3 Å². The van der Waals surface area contributed by atoms with Crippen LogP contribution in [0.4, 0.5) is 5.82 Å². The van der Waals surface area contributed by atoms with Gasteiger partial charge in [-0.25, -0.2) is 9.97 Å². The van der Waals surface area contributed by atoms with Crippen molar-refractivity contribution in [2.45, 2.75) is 64.3 Å². The minimum atomic E-state index is -0.256. The summed E-state index contributed by atoms with van der Waals surface area (Å²) >= 11 is 0. The van der Waals surface area contributed by atoms with E-state index in [4.69, 9.17) is 9.72 Å². The van der Waals surface area contributed by atoms with Gasteiger partial charge in [-0.05, 0) is 32.1 Å². The fraction of sp³-hybridized carbons (Fsp3) is 0.737. The van der Waals surface area contributed by atoms with Crippen molar-refractivity contribution >= 4 is 16.9 Å². The number of hydrogen-bond donors (Lipinski definition) is 1. The molecular weight excluding hydrogens is 330 g/mol. The number of aromatic nitrogens is 4. The van der Waals surface area contributed by atoms with E-state index >= 15 is 0 Å². The molecule has 2 aliphatic heterocycles. The average molecular weight is 359 g/mol. The second kappa shape index (κ2) is 6.46. The van der Waals surface area contributed by atoms with Gasteiger partial charge in [0.25, 0.3) is 0 Å². The molecule has 0 unspecified atom stereocenters. The standard InChI is InChI=1S/C19H29N5O2/c1-12(2)16-9-14(25)10-19(26-16)5-7-24(8-6-19)18-15-11-20-23(4)17(15)21-13(3)22-18/h11-12,14,16,25H,5-10H2,1-4H3/t14-,16-/m1/s1. The van der Waals surface area contributed by atoms with Crippen LogP contribution in [0.2, 0.25) is 0 Å². The Labute approximate surface area is 154 Å². The summed E-state index contributed by atoms with van der Waals surface area (Å²) in [4.78, 5) is 11.5. The zero-order chi connectivity index (χ0) is 18.5. The Kier molecular flexibility index (Phi) is 4.39. The van der Waals surface area contributed by atoms with Crippen LogP contribution in [0.3, 0.4) is 0 Å². The van der Waals surface area contributed by atoms with E-state index in [-0.39, 0.29) is 17.8 Å². The lowest BCUT2D eigenvalue weighted by atomic mass is 9.80. The molecule has 7 heteroatoms. The molecule has 0 aromatic carbocycles. The fourth-order valence-electron chi connectivity index (χ4n) is 4.41. The number of aliphatic hydroxyl groups is 1. The number of aliphatic hydroxyl groups excluding tert-OH is 1. The van der Waals surface area contributed by atoms with Crippen molar-refractivity contribution in [3.8, 4) is 0 Å². The summed E-state index contributed by atoms with van der Waals surface area (Å²) in [7, 11) is 1.91. The largest absolute Gasteiger partial charge is 0.393 e. The van der Waals surface area contributed by atoms with Crippen LogP contribution in [0.5, 0.6) is 0 Å². The van der Waals surface area contributed by atoms with E-state index in [1.165, 1.54) is 0 Å². The Balaban J connectivity index is 1.56. The van der Waals surface area contributed by atoms with Crippen molar-refractivity contribution in [1.82, 2.24) is 19.7 Å². The van der Waals surface area contributed by atoms with Gasteiger partial charge >= 0.3 is 0 Å². The summed E-state index contributed by atoms with van der Waals surface area (Å²) in [6, 6.07) is 0. The van der Waals surface area contributed by atoms with Crippen molar-refractivity contribution in [3.63, 3.8) is 0 Å². The molecule has 4 rings (SSSR count). The Morgan fingerprint density at radius 1 is 1.27 bits per heavy atom. The molecule has 7 nitrogen and oxygen atoms in total. The van der Waals surface area contributed by atoms with Crippen LogP contribution in [0.1, 0.15) is 45.4 Å². The van der Waals surface area contributed by atoms with E-state index in [1.807, 2.05) is 20.2 Å². The van der Waals surface area contributed by atoms with Gasteiger partial charge in [0.05, 0.1) is 29.4 Å². The summed E-state index contributed by atoms with van der Waals surface area (Å²) in [5.41, 5.74) is 0.677. The lowest BCUT2D eigenvalue weighted by Gasteiger charge is -2.49. The predicted molar refractivity (Wildman–Crippen MR) is 100 cm³/mol. The van der Waals surface area contributed by atoms with Gasteiger partial charge in [-0.3, -0.25) is 4.68 Å². The maximum absolute atomic E-state index is 10.4. The van der Waals surface area contributed by atoms with Crippen molar-refractivity contribution in [2.75, 3.05) is 18.0 Å².